The molecule has 0 saturated carbocycles. The van der Waals surface area contributed by atoms with Gasteiger partial charge in [-0.1, -0.05) is 34.1 Å². The number of amides is 1. The Labute approximate surface area is 135 Å². The maximum absolute atomic E-state index is 12.5. The second kappa shape index (κ2) is 8.39. The number of methoxy groups -OCH3 is 1. The molecular weight excluding hydrogens is 332 g/mol. The van der Waals surface area contributed by atoms with Crippen LogP contribution in [0.3, 0.4) is 0 Å². The lowest BCUT2D eigenvalue weighted by Crippen LogP contribution is -2.36. The Hall–Kier alpha value is -1.07. The van der Waals surface area contributed by atoms with Crippen LogP contribution in [0.4, 0.5) is 0 Å². The fourth-order valence-electron chi connectivity index (χ4n) is 2.69. The van der Waals surface area contributed by atoms with Crippen LogP contribution in [0.15, 0.2) is 24.3 Å². The van der Waals surface area contributed by atoms with E-state index in [4.69, 9.17) is 4.74 Å². The fraction of sp³-hybridized carbons (Fsp3) is 0.562. The van der Waals surface area contributed by atoms with Gasteiger partial charge in [0.1, 0.15) is 5.75 Å². The van der Waals surface area contributed by atoms with Crippen LogP contribution < -0.4 is 4.74 Å². The molecule has 116 valence electrons. The number of ether oxygens (including phenoxy) is 1. The van der Waals surface area contributed by atoms with Gasteiger partial charge in [-0.3, -0.25) is 4.79 Å². The number of hydrogen-bond donors (Lipinski definition) is 0. The molecule has 0 aromatic heterocycles. The molecule has 0 unspecified atom stereocenters. The molecule has 1 aromatic rings. The van der Waals surface area contributed by atoms with Crippen LogP contribution in [0.2, 0.25) is 0 Å². The highest BCUT2D eigenvalue weighted by Gasteiger charge is 2.19. The van der Waals surface area contributed by atoms with Gasteiger partial charge < -0.3 is 14.5 Å². The van der Waals surface area contributed by atoms with Crippen molar-refractivity contribution < 1.29 is 9.53 Å². The molecule has 1 aliphatic rings. The lowest BCUT2D eigenvalue weighted by Gasteiger charge is -2.22. The molecule has 2 rings (SSSR count). The van der Waals surface area contributed by atoms with Crippen molar-refractivity contribution in [3.63, 3.8) is 0 Å². The first kappa shape index (κ1) is 16.3. The maximum atomic E-state index is 12.5. The van der Waals surface area contributed by atoms with Crippen LogP contribution in [0.1, 0.15) is 12.0 Å². The Morgan fingerprint density at radius 1 is 1.24 bits per heavy atom. The SMILES string of the molecule is COc1ccccc1CC(=O)N1CCCN(CCBr)CC1. The van der Waals surface area contributed by atoms with E-state index in [9.17, 15) is 4.79 Å². The lowest BCUT2D eigenvalue weighted by atomic mass is 10.1. The third-order valence-corrected chi connectivity index (χ3v) is 4.23. The van der Waals surface area contributed by atoms with E-state index in [1.165, 1.54) is 0 Å². The Morgan fingerprint density at radius 2 is 2.05 bits per heavy atom. The molecule has 1 aromatic carbocycles. The number of benzene rings is 1. The summed E-state index contributed by atoms with van der Waals surface area (Å²) in [6.07, 6.45) is 1.47. The average Bonchev–Trinajstić information content (AvgIpc) is 2.74. The summed E-state index contributed by atoms with van der Waals surface area (Å²) in [4.78, 5) is 16.9. The van der Waals surface area contributed by atoms with Crippen molar-refractivity contribution in [2.24, 2.45) is 0 Å². The van der Waals surface area contributed by atoms with Crippen LogP contribution in [-0.4, -0.2) is 60.9 Å². The molecule has 0 N–H and O–H groups in total. The first-order chi connectivity index (χ1) is 10.2. The summed E-state index contributed by atoms with van der Waals surface area (Å²) in [7, 11) is 1.65. The summed E-state index contributed by atoms with van der Waals surface area (Å²) in [6.45, 7) is 4.76. The highest BCUT2D eigenvalue weighted by Crippen LogP contribution is 2.19. The summed E-state index contributed by atoms with van der Waals surface area (Å²) >= 11 is 3.48. The molecule has 1 heterocycles. The van der Waals surface area contributed by atoms with E-state index in [1.807, 2.05) is 29.2 Å². The van der Waals surface area contributed by atoms with Crippen molar-refractivity contribution in [3.8, 4) is 5.75 Å². The van der Waals surface area contributed by atoms with E-state index in [1.54, 1.807) is 7.11 Å². The minimum Gasteiger partial charge on any atom is -0.496 e. The van der Waals surface area contributed by atoms with Crippen LogP contribution >= 0.6 is 15.9 Å². The summed E-state index contributed by atoms with van der Waals surface area (Å²) in [5.74, 6) is 0.988. The van der Waals surface area contributed by atoms with E-state index in [0.29, 0.717) is 6.42 Å². The fourth-order valence-corrected chi connectivity index (χ4v) is 3.19. The van der Waals surface area contributed by atoms with Gasteiger partial charge >= 0.3 is 0 Å². The number of para-hydroxylation sites is 1. The molecule has 1 saturated heterocycles. The van der Waals surface area contributed by atoms with E-state index >= 15 is 0 Å². The Balaban J connectivity index is 1.94. The standard InChI is InChI=1S/C16H23BrN2O2/c1-21-15-6-3-2-5-14(15)13-16(20)19-9-4-8-18(10-7-17)11-12-19/h2-3,5-6H,4,7-13H2,1H3. The predicted molar refractivity (Wildman–Crippen MR) is 88.1 cm³/mol. The second-order valence-corrected chi connectivity index (χ2v) is 6.05. The maximum Gasteiger partial charge on any atom is 0.227 e. The molecule has 5 heteroatoms. The van der Waals surface area contributed by atoms with Crippen LogP contribution in [-0.2, 0) is 11.2 Å². The molecule has 1 amide bonds. The quantitative estimate of drug-likeness (QED) is 0.759. The molecule has 0 spiro atoms. The predicted octanol–water partition coefficient (Wildman–Crippen LogP) is 2.17. The third-order valence-electron chi connectivity index (χ3n) is 3.88. The molecule has 1 aliphatic heterocycles. The van der Waals surface area contributed by atoms with E-state index in [0.717, 1.165) is 55.8 Å². The number of halogens is 1. The van der Waals surface area contributed by atoms with Crippen molar-refractivity contribution in [1.82, 2.24) is 9.80 Å². The van der Waals surface area contributed by atoms with Crippen molar-refractivity contribution >= 4 is 21.8 Å². The Bertz CT molecular complexity index is 467. The van der Waals surface area contributed by atoms with Crippen molar-refractivity contribution in [2.75, 3.05) is 45.2 Å². The number of nitrogens with zero attached hydrogens (tertiary/aromatic N) is 2. The molecule has 1 fully saturated rings. The normalized spacial score (nSPS) is 16.6. The summed E-state index contributed by atoms with van der Waals surface area (Å²) in [5, 5.41) is 0.988. The van der Waals surface area contributed by atoms with Gasteiger partial charge in [0.25, 0.3) is 0 Å². The van der Waals surface area contributed by atoms with Gasteiger partial charge in [-0.15, -0.1) is 0 Å². The zero-order valence-electron chi connectivity index (χ0n) is 12.6. The minimum absolute atomic E-state index is 0.195. The van der Waals surface area contributed by atoms with Gasteiger partial charge in [-0.05, 0) is 19.0 Å². The Kier molecular flexibility index (Phi) is 6.51. The molecule has 4 nitrogen and oxygen atoms in total. The number of rotatable bonds is 5. The smallest absolute Gasteiger partial charge is 0.227 e. The molecule has 0 aliphatic carbocycles. The van der Waals surface area contributed by atoms with Crippen molar-refractivity contribution in [2.45, 2.75) is 12.8 Å². The van der Waals surface area contributed by atoms with Crippen molar-refractivity contribution in [3.05, 3.63) is 29.8 Å². The zero-order valence-corrected chi connectivity index (χ0v) is 14.1. The van der Waals surface area contributed by atoms with Gasteiger partial charge in [0.05, 0.1) is 13.5 Å². The van der Waals surface area contributed by atoms with Gasteiger partial charge in [0.2, 0.25) is 5.91 Å². The van der Waals surface area contributed by atoms with E-state index in [2.05, 4.69) is 20.8 Å². The summed E-state index contributed by atoms with van der Waals surface area (Å²) in [5.41, 5.74) is 0.964. The van der Waals surface area contributed by atoms with Crippen LogP contribution in [0.5, 0.6) is 5.75 Å². The largest absolute Gasteiger partial charge is 0.496 e. The first-order valence-corrected chi connectivity index (χ1v) is 8.54. The van der Waals surface area contributed by atoms with Gasteiger partial charge in [0, 0.05) is 37.1 Å². The van der Waals surface area contributed by atoms with Gasteiger partial charge in [0.15, 0.2) is 0 Å². The summed E-state index contributed by atoms with van der Waals surface area (Å²) < 4.78 is 5.32. The third kappa shape index (κ3) is 4.71. The highest BCUT2D eigenvalue weighted by molar-refractivity contribution is 9.09. The van der Waals surface area contributed by atoms with E-state index in [-0.39, 0.29) is 5.91 Å². The number of carbonyl (C=O) groups is 1. The average molecular weight is 355 g/mol. The topological polar surface area (TPSA) is 32.8 Å². The molecule has 21 heavy (non-hydrogen) atoms. The molecular formula is C16H23BrN2O2. The molecule has 0 radical (unpaired) electrons. The lowest BCUT2D eigenvalue weighted by molar-refractivity contribution is -0.130. The zero-order chi connectivity index (χ0) is 15.1. The minimum atomic E-state index is 0.195. The van der Waals surface area contributed by atoms with E-state index < -0.39 is 0 Å². The molecule has 0 bridgehead atoms. The first-order valence-electron chi connectivity index (χ1n) is 7.42. The number of alkyl halides is 1. The number of hydrogen-bond acceptors (Lipinski definition) is 3. The highest BCUT2D eigenvalue weighted by atomic mass is 79.9. The van der Waals surface area contributed by atoms with Crippen molar-refractivity contribution in [1.29, 1.82) is 0 Å². The molecule has 0 atom stereocenters. The van der Waals surface area contributed by atoms with Gasteiger partial charge in [-0.25, -0.2) is 0 Å². The second-order valence-electron chi connectivity index (χ2n) is 5.25. The summed E-state index contributed by atoms with van der Waals surface area (Å²) in [6, 6.07) is 7.75. The monoisotopic (exact) mass is 354 g/mol. The number of carbonyl (C=O) groups excluding carboxylic acids is 1. The van der Waals surface area contributed by atoms with Gasteiger partial charge in [-0.2, -0.15) is 0 Å². The van der Waals surface area contributed by atoms with Crippen LogP contribution in [0, 0.1) is 0 Å². The van der Waals surface area contributed by atoms with Crippen LogP contribution in [0.25, 0.3) is 0 Å². The Morgan fingerprint density at radius 3 is 2.81 bits per heavy atom.